The van der Waals surface area contributed by atoms with Crippen molar-refractivity contribution in [3.63, 3.8) is 0 Å². The van der Waals surface area contributed by atoms with Crippen LogP contribution in [0.15, 0.2) is 48.5 Å². The van der Waals surface area contributed by atoms with Crippen molar-refractivity contribution in [2.24, 2.45) is 0 Å². The van der Waals surface area contributed by atoms with E-state index in [-0.39, 0.29) is 23.7 Å². The second kappa shape index (κ2) is 6.56. The number of carbonyl (C=O) groups is 2. The first-order chi connectivity index (χ1) is 12.6. The molecular formula is C21H21FN2O2. The molecule has 2 heterocycles. The summed E-state index contributed by atoms with van der Waals surface area (Å²) in [6.07, 6.45) is 1.91. The standard InChI is InChI=1S/C21H21FN2O2/c1-14-20(25)23-12-6-7-15(23)13-24(14)21(26)18-10-3-2-8-16(18)17-9-4-5-11-19(17)22/h2-5,8-11,14-15H,6-7,12-13H2,1H3/t14-,15+/m0/s1. The maximum Gasteiger partial charge on any atom is 0.255 e. The number of carbonyl (C=O) groups excluding carboxylic acids is 2. The fraction of sp³-hybridized carbons (Fsp3) is 0.333. The highest BCUT2D eigenvalue weighted by Crippen LogP contribution is 2.30. The van der Waals surface area contributed by atoms with E-state index in [9.17, 15) is 14.0 Å². The van der Waals surface area contributed by atoms with Crippen LogP contribution < -0.4 is 0 Å². The number of hydrogen-bond acceptors (Lipinski definition) is 2. The molecule has 2 amide bonds. The van der Waals surface area contributed by atoms with Crippen molar-refractivity contribution in [2.45, 2.75) is 31.8 Å². The Morgan fingerprint density at radius 2 is 1.77 bits per heavy atom. The summed E-state index contributed by atoms with van der Waals surface area (Å²) in [6.45, 7) is 3.10. The molecule has 2 fully saturated rings. The monoisotopic (exact) mass is 352 g/mol. The Kier molecular flexibility index (Phi) is 4.23. The van der Waals surface area contributed by atoms with Gasteiger partial charge in [-0.2, -0.15) is 0 Å². The van der Waals surface area contributed by atoms with Crippen LogP contribution in [0.3, 0.4) is 0 Å². The quantitative estimate of drug-likeness (QED) is 0.832. The summed E-state index contributed by atoms with van der Waals surface area (Å²) in [5.74, 6) is -0.566. The number of halogens is 1. The fourth-order valence-corrected chi connectivity index (χ4v) is 4.07. The van der Waals surface area contributed by atoms with Crippen molar-refractivity contribution in [1.29, 1.82) is 0 Å². The zero-order valence-corrected chi connectivity index (χ0v) is 14.7. The third-order valence-electron chi connectivity index (χ3n) is 5.47. The van der Waals surface area contributed by atoms with Crippen LogP contribution in [-0.4, -0.2) is 46.8 Å². The molecule has 26 heavy (non-hydrogen) atoms. The molecule has 2 saturated heterocycles. The van der Waals surface area contributed by atoms with E-state index in [2.05, 4.69) is 0 Å². The molecule has 4 rings (SSSR count). The largest absolute Gasteiger partial charge is 0.336 e. The van der Waals surface area contributed by atoms with Gasteiger partial charge in [-0.15, -0.1) is 0 Å². The van der Waals surface area contributed by atoms with Crippen molar-refractivity contribution in [3.05, 3.63) is 59.9 Å². The summed E-state index contributed by atoms with van der Waals surface area (Å²) >= 11 is 0. The van der Waals surface area contributed by atoms with Gasteiger partial charge in [0.2, 0.25) is 5.91 Å². The molecule has 2 aliphatic heterocycles. The van der Waals surface area contributed by atoms with E-state index in [0.29, 0.717) is 23.2 Å². The molecule has 2 aromatic rings. The number of amides is 2. The van der Waals surface area contributed by atoms with Gasteiger partial charge >= 0.3 is 0 Å². The zero-order valence-electron chi connectivity index (χ0n) is 14.7. The van der Waals surface area contributed by atoms with Gasteiger partial charge in [0, 0.05) is 30.3 Å². The summed E-state index contributed by atoms with van der Waals surface area (Å²) in [6, 6.07) is 13.1. The highest BCUT2D eigenvalue weighted by atomic mass is 19.1. The molecule has 0 N–H and O–H groups in total. The number of benzene rings is 2. The zero-order chi connectivity index (χ0) is 18.3. The third-order valence-corrected chi connectivity index (χ3v) is 5.47. The SMILES string of the molecule is C[C@H]1C(=O)N2CCC[C@@H]2CN1C(=O)c1ccccc1-c1ccccc1F. The normalized spacial score (nSPS) is 22.5. The van der Waals surface area contributed by atoms with E-state index >= 15 is 0 Å². The van der Waals surface area contributed by atoms with Gasteiger partial charge in [0.05, 0.1) is 0 Å². The molecule has 5 heteroatoms. The smallest absolute Gasteiger partial charge is 0.255 e. The van der Waals surface area contributed by atoms with Crippen LogP contribution in [0.1, 0.15) is 30.1 Å². The Hall–Kier alpha value is -2.69. The van der Waals surface area contributed by atoms with E-state index < -0.39 is 6.04 Å². The number of nitrogens with zero attached hydrogens (tertiary/aromatic N) is 2. The van der Waals surface area contributed by atoms with Crippen LogP contribution in [0.5, 0.6) is 0 Å². The van der Waals surface area contributed by atoms with Crippen LogP contribution in [0.2, 0.25) is 0 Å². The van der Waals surface area contributed by atoms with Crippen molar-refractivity contribution >= 4 is 11.8 Å². The minimum Gasteiger partial charge on any atom is -0.336 e. The predicted molar refractivity (Wildman–Crippen MR) is 97.1 cm³/mol. The fourth-order valence-electron chi connectivity index (χ4n) is 4.07. The average molecular weight is 352 g/mol. The first-order valence-electron chi connectivity index (χ1n) is 9.03. The summed E-state index contributed by atoms with van der Waals surface area (Å²) in [5, 5.41) is 0. The van der Waals surface area contributed by atoms with Gasteiger partial charge in [0.15, 0.2) is 0 Å². The van der Waals surface area contributed by atoms with Crippen molar-refractivity contribution in [2.75, 3.05) is 13.1 Å². The molecule has 4 nitrogen and oxygen atoms in total. The van der Waals surface area contributed by atoms with Gasteiger partial charge in [0.25, 0.3) is 5.91 Å². The van der Waals surface area contributed by atoms with Gasteiger partial charge in [-0.05, 0) is 37.5 Å². The molecule has 0 bridgehead atoms. The Morgan fingerprint density at radius 3 is 2.54 bits per heavy atom. The van der Waals surface area contributed by atoms with E-state index in [1.807, 2.05) is 4.90 Å². The second-order valence-corrected chi connectivity index (χ2v) is 6.99. The first-order valence-corrected chi connectivity index (χ1v) is 9.03. The number of rotatable bonds is 2. The molecule has 0 unspecified atom stereocenters. The second-order valence-electron chi connectivity index (χ2n) is 6.99. The number of piperazine rings is 1. The van der Waals surface area contributed by atoms with Crippen LogP contribution in [-0.2, 0) is 4.79 Å². The Balaban J connectivity index is 1.71. The molecule has 2 aliphatic rings. The van der Waals surface area contributed by atoms with Gasteiger partial charge in [0.1, 0.15) is 11.9 Å². The van der Waals surface area contributed by atoms with E-state index in [1.54, 1.807) is 54.3 Å². The first kappa shape index (κ1) is 16.8. The van der Waals surface area contributed by atoms with Crippen LogP contribution in [0.25, 0.3) is 11.1 Å². The van der Waals surface area contributed by atoms with Crippen LogP contribution in [0.4, 0.5) is 4.39 Å². The highest BCUT2D eigenvalue weighted by molar-refractivity contribution is 6.03. The Morgan fingerprint density at radius 1 is 1.08 bits per heavy atom. The minimum atomic E-state index is -0.495. The molecule has 0 radical (unpaired) electrons. The average Bonchev–Trinajstić information content (AvgIpc) is 3.13. The molecular weight excluding hydrogens is 331 g/mol. The highest BCUT2D eigenvalue weighted by Gasteiger charge is 2.42. The van der Waals surface area contributed by atoms with E-state index in [4.69, 9.17) is 0 Å². The summed E-state index contributed by atoms with van der Waals surface area (Å²) < 4.78 is 14.3. The molecule has 0 saturated carbocycles. The minimum absolute atomic E-state index is 0.00970. The lowest BCUT2D eigenvalue weighted by molar-refractivity contribution is -0.141. The van der Waals surface area contributed by atoms with Crippen LogP contribution in [0, 0.1) is 5.82 Å². The van der Waals surface area contributed by atoms with Crippen molar-refractivity contribution in [1.82, 2.24) is 9.80 Å². The van der Waals surface area contributed by atoms with Gasteiger partial charge in [-0.3, -0.25) is 9.59 Å². The lowest BCUT2D eigenvalue weighted by Crippen LogP contribution is -2.60. The molecule has 2 atom stereocenters. The molecule has 134 valence electrons. The molecule has 2 aromatic carbocycles. The van der Waals surface area contributed by atoms with Gasteiger partial charge in [-0.25, -0.2) is 4.39 Å². The lowest BCUT2D eigenvalue weighted by atomic mass is 9.97. The Bertz CT molecular complexity index is 867. The third kappa shape index (κ3) is 2.68. The lowest BCUT2D eigenvalue weighted by Gasteiger charge is -2.41. The summed E-state index contributed by atoms with van der Waals surface area (Å²) in [5.41, 5.74) is 1.39. The predicted octanol–water partition coefficient (Wildman–Crippen LogP) is 3.33. The number of hydrogen-bond donors (Lipinski definition) is 0. The summed E-state index contributed by atoms with van der Waals surface area (Å²) in [7, 11) is 0. The van der Waals surface area contributed by atoms with Crippen molar-refractivity contribution < 1.29 is 14.0 Å². The molecule has 0 aliphatic carbocycles. The van der Waals surface area contributed by atoms with Crippen LogP contribution >= 0.6 is 0 Å². The summed E-state index contributed by atoms with van der Waals surface area (Å²) in [4.78, 5) is 29.5. The van der Waals surface area contributed by atoms with Gasteiger partial charge in [-0.1, -0.05) is 36.4 Å². The molecule has 0 spiro atoms. The van der Waals surface area contributed by atoms with Crippen molar-refractivity contribution in [3.8, 4) is 11.1 Å². The maximum atomic E-state index is 14.3. The van der Waals surface area contributed by atoms with E-state index in [1.165, 1.54) is 6.07 Å². The Labute approximate surface area is 152 Å². The maximum absolute atomic E-state index is 14.3. The molecule has 0 aromatic heterocycles. The topological polar surface area (TPSA) is 40.6 Å². The van der Waals surface area contributed by atoms with Gasteiger partial charge < -0.3 is 9.80 Å². The van der Waals surface area contributed by atoms with E-state index in [0.717, 1.165) is 19.4 Å². The number of fused-ring (bicyclic) bond motifs is 1.